The third kappa shape index (κ3) is 2.92. The summed E-state index contributed by atoms with van der Waals surface area (Å²) in [7, 11) is 0. The number of hydrogen-bond donors (Lipinski definition) is 0. The maximum atomic E-state index is 7.10. The lowest BCUT2D eigenvalue weighted by Gasteiger charge is -2.38. The van der Waals surface area contributed by atoms with E-state index >= 15 is 0 Å². The van der Waals surface area contributed by atoms with Crippen molar-refractivity contribution in [2.45, 2.75) is 18.8 Å². The Hall–Kier alpha value is -2.62. The first-order valence-corrected chi connectivity index (χ1v) is 10.6. The van der Waals surface area contributed by atoms with Crippen LogP contribution in [0.2, 0.25) is 0 Å². The molecular weight excluding hydrogens is 384 g/mol. The van der Waals surface area contributed by atoms with Crippen molar-refractivity contribution in [2.24, 2.45) is 0 Å². The van der Waals surface area contributed by atoms with Gasteiger partial charge in [0.25, 0.3) is 0 Å². The van der Waals surface area contributed by atoms with Gasteiger partial charge in [-0.25, -0.2) is 4.98 Å². The third-order valence-electron chi connectivity index (χ3n) is 5.28. The average molecular weight is 403 g/mol. The minimum Gasteiger partial charge on any atom is -0.320 e. The molecule has 2 heterocycles. The number of thiazole rings is 1. The van der Waals surface area contributed by atoms with Crippen molar-refractivity contribution in [3.05, 3.63) is 95.0 Å². The van der Waals surface area contributed by atoms with Crippen LogP contribution in [-0.4, -0.2) is 10.5 Å². The summed E-state index contributed by atoms with van der Waals surface area (Å²) in [4.78, 5) is 7.09. The Morgan fingerprint density at radius 2 is 1.68 bits per heavy atom. The molecule has 1 aliphatic heterocycles. The topological polar surface area (TPSA) is 16.1 Å². The normalized spacial score (nSPS) is 18.2. The second kappa shape index (κ2) is 7.08. The second-order valence-corrected chi connectivity index (χ2v) is 8.43. The fourth-order valence-electron chi connectivity index (χ4n) is 3.80. The number of rotatable bonds is 2. The number of para-hydroxylation sites is 3. The molecule has 0 amide bonds. The first-order chi connectivity index (χ1) is 13.7. The van der Waals surface area contributed by atoms with Crippen molar-refractivity contribution < 1.29 is 0 Å². The summed E-state index contributed by atoms with van der Waals surface area (Å²) in [5, 5.41) is 1.05. The molecule has 0 spiro atoms. The van der Waals surface area contributed by atoms with Crippen LogP contribution in [0.1, 0.15) is 17.5 Å². The molecule has 1 aliphatic rings. The van der Waals surface area contributed by atoms with E-state index in [0.717, 1.165) is 22.6 Å². The van der Waals surface area contributed by atoms with Crippen LogP contribution in [0.25, 0.3) is 15.8 Å². The average Bonchev–Trinajstić information content (AvgIpc) is 3.18. The first-order valence-electron chi connectivity index (χ1n) is 9.34. The van der Waals surface area contributed by atoms with E-state index in [1.807, 2.05) is 12.1 Å². The number of anilines is 2. The Bertz CT molecular complexity index is 1150. The quantitative estimate of drug-likeness (QED) is 0.264. The Labute approximate surface area is 173 Å². The van der Waals surface area contributed by atoms with Crippen molar-refractivity contribution in [3.8, 4) is 0 Å². The summed E-state index contributed by atoms with van der Waals surface area (Å²) in [5.74, 6) is 0. The molecule has 0 fully saturated rings. The van der Waals surface area contributed by atoms with Crippen LogP contribution in [0, 0.1) is 0 Å². The van der Waals surface area contributed by atoms with E-state index in [4.69, 9.17) is 16.6 Å². The lowest BCUT2D eigenvalue weighted by Crippen LogP contribution is -2.34. The highest BCUT2D eigenvalue weighted by molar-refractivity contribution is 7.19. The van der Waals surface area contributed by atoms with Crippen LogP contribution >= 0.6 is 22.9 Å². The molecule has 138 valence electrons. The molecule has 0 radical (unpaired) electrons. The third-order valence-corrected chi connectivity index (χ3v) is 6.89. The van der Waals surface area contributed by atoms with E-state index < -0.39 is 0 Å². The molecule has 4 heteroatoms. The Morgan fingerprint density at radius 3 is 2.50 bits per heavy atom. The molecule has 0 N–H and O–H groups in total. The molecule has 0 bridgehead atoms. The summed E-state index contributed by atoms with van der Waals surface area (Å²) < 4.78 is 1.21. The predicted molar refractivity (Wildman–Crippen MR) is 121 cm³/mol. The maximum absolute atomic E-state index is 7.10. The van der Waals surface area contributed by atoms with E-state index in [1.165, 1.54) is 27.1 Å². The Morgan fingerprint density at radius 1 is 0.964 bits per heavy atom. The second-order valence-electron chi connectivity index (χ2n) is 6.98. The van der Waals surface area contributed by atoms with Crippen LogP contribution in [-0.2, 0) is 6.42 Å². The lowest BCUT2D eigenvalue weighted by atomic mass is 9.93. The van der Waals surface area contributed by atoms with Gasteiger partial charge in [-0.1, -0.05) is 60.1 Å². The molecule has 0 aliphatic carbocycles. The summed E-state index contributed by atoms with van der Waals surface area (Å²) in [5.41, 5.74) is 6.76. The predicted octanol–water partition coefficient (Wildman–Crippen LogP) is 7.03. The van der Waals surface area contributed by atoms with Gasteiger partial charge in [0.05, 0.1) is 10.2 Å². The first kappa shape index (κ1) is 17.5. The SMILES string of the molecule is CC(=C1Cc2ccccc2N(c2ccccc2)C1Cl)c1nc2ccccc2s1. The van der Waals surface area contributed by atoms with Crippen LogP contribution in [0.3, 0.4) is 0 Å². The van der Waals surface area contributed by atoms with Gasteiger partial charge in [0.2, 0.25) is 0 Å². The van der Waals surface area contributed by atoms with Crippen LogP contribution < -0.4 is 4.90 Å². The van der Waals surface area contributed by atoms with Crippen LogP contribution in [0.15, 0.2) is 84.4 Å². The number of allylic oxidation sites excluding steroid dienone is 1. The zero-order chi connectivity index (χ0) is 19.1. The Balaban J connectivity index is 1.67. The van der Waals surface area contributed by atoms with Crippen LogP contribution in [0.5, 0.6) is 0 Å². The minimum absolute atomic E-state index is 0.246. The molecule has 4 aromatic rings. The van der Waals surface area contributed by atoms with Gasteiger partial charge in [-0.3, -0.25) is 0 Å². The van der Waals surface area contributed by atoms with E-state index in [9.17, 15) is 0 Å². The number of aromatic nitrogens is 1. The van der Waals surface area contributed by atoms with Gasteiger partial charge in [-0.15, -0.1) is 11.3 Å². The van der Waals surface area contributed by atoms with Gasteiger partial charge in [-0.2, -0.15) is 0 Å². The summed E-state index contributed by atoms with van der Waals surface area (Å²) >= 11 is 8.83. The van der Waals surface area contributed by atoms with Gasteiger partial charge < -0.3 is 4.90 Å². The summed E-state index contributed by atoms with van der Waals surface area (Å²) in [6.45, 7) is 2.15. The zero-order valence-electron chi connectivity index (χ0n) is 15.5. The van der Waals surface area contributed by atoms with Gasteiger partial charge in [0, 0.05) is 11.4 Å². The molecule has 2 nitrogen and oxygen atoms in total. The largest absolute Gasteiger partial charge is 0.320 e. The molecule has 0 saturated heterocycles. The molecule has 28 heavy (non-hydrogen) atoms. The fourth-order valence-corrected chi connectivity index (χ4v) is 5.26. The number of benzene rings is 3. The molecule has 1 atom stereocenters. The number of fused-ring (bicyclic) bond motifs is 2. The highest BCUT2D eigenvalue weighted by Gasteiger charge is 2.31. The summed E-state index contributed by atoms with van der Waals surface area (Å²) in [6.07, 6.45) is 0.843. The zero-order valence-corrected chi connectivity index (χ0v) is 17.0. The molecule has 3 aromatic carbocycles. The van der Waals surface area contributed by atoms with E-state index in [1.54, 1.807) is 11.3 Å². The maximum Gasteiger partial charge on any atom is 0.131 e. The minimum atomic E-state index is -0.246. The van der Waals surface area contributed by atoms with Gasteiger partial charge in [-0.05, 0) is 60.4 Å². The standard InChI is InChI=1S/C24H19ClN2S/c1-16(24-26-20-12-6-8-14-22(20)28-24)19-15-17-9-5-7-13-21(17)27(23(19)25)18-10-3-2-4-11-18/h2-14,23H,15H2,1H3. The van der Waals surface area contributed by atoms with Crippen molar-refractivity contribution >= 4 is 50.1 Å². The van der Waals surface area contributed by atoms with Crippen LogP contribution in [0.4, 0.5) is 11.4 Å². The van der Waals surface area contributed by atoms with Crippen molar-refractivity contribution in [3.63, 3.8) is 0 Å². The van der Waals surface area contributed by atoms with Crippen molar-refractivity contribution in [1.82, 2.24) is 4.98 Å². The molecule has 0 saturated carbocycles. The number of halogens is 1. The highest BCUT2D eigenvalue weighted by Crippen LogP contribution is 2.43. The Kier molecular flexibility index (Phi) is 4.42. The van der Waals surface area contributed by atoms with Crippen molar-refractivity contribution in [1.29, 1.82) is 0 Å². The van der Waals surface area contributed by atoms with Crippen molar-refractivity contribution in [2.75, 3.05) is 4.90 Å². The molecular formula is C24H19ClN2S. The molecule has 1 aromatic heterocycles. The highest BCUT2D eigenvalue weighted by atomic mass is 35.5. The molecule has 5 rings (SSSR count). The lowest BCUT2D eigenvalue weighted by molar-refractivity contribution is 0.872. The number of hydrogen-bond acceptors (Lipinski definition) is 3. The van der Waals surface area contributed by atoms with E-state index in [0.29, 0.717) is 0 Å². The van der Waals surface area contributed by atoms with E-state index in [2.05, 4.69) is 78.6 Å². The monoisotopic (exact) mass is 402 g/mol. The molecule has 1 unspecified atom stereocenters. The van der Waals surface area contributed by atoms with Gasteiger partial charge in [0.15, 0.2) is 0 Å². The fraction of sp³-hybridized carbons (Fsp3) is 0.125. The smallest absolute Gasteiger partial charge is 0.131 e. The van der Waals surface area contributed by atoms with E-state index in [-0.39, 0.29) is 5.50 Å². The summed E-state index contributed by atoms with van der Waals surface area (Å²) in [6, 6.07) is 27.2. The van der Waals surface area contributed by atoms with Gasteiger partial charge >= 0.3 is 0 Å². The number of alkyl halides is 1. The van der Waals surface area contributed by atoms with Gasteiger partial charge in [0.1, 0.15) is 10.5 Å². The number of nitrogens with zero attached hydrogens (tertiary/aromatic N) is 2.